The van der Waals surface area contributed by atoms with Gasteiger partial charge in [0.2, 0.25) is 0 Å². The Bertz CT molecular complexity index is 303. The largest absolute Gasteiger partial charge is 0.496 e. The summed E-state index contributed by atoms with van der Waals surface area (Å²) in [5, 5.41) is 0. The summed E-state index contributed by atoms with van der Waals surface area (Å²) in [6.45, 7) is 2.97. The second-order valence-corrected chi connectivity index (χ2v) is 3.47. The summed E-state index contributed by atoms with van der Waals surface area (Å²) in [6.07, 6.45) is 1.40. The Kier molecular flexibility index (Phi) is 2.23. The summed E-state index contributed by atoms with van der Waals surface area (Å²) in [4.78, 5) is 0. The lowest BCUT2D eigenvalue weighted by molar-refractivity contribution is 0.390. The fourth-order valence-electron chi connectivity index (χ4n) is 1.45. The molecule has 0 amide bonds. The Morgan fingerprint density at radius 2 is 2.31 bits per heavy atom. The molecule has 1 aromatic rings. The average molecular weight is 178 g/mol. The zero-order valence-corrected chi connectivity index (χ0v) is 8.04. The normalized spacial score (nSPS) is 20.0. The van der Waals surface area contributed by atoms with Crippen molar-refractivity contribution in [1.29, 1.82) is 0 Å². The van der Waals surface area contributed by atoms with Gasteiger partial charge in [-0.2, -0.15) is 0 Å². The summed E-state index contributed by atoms with van der Waals surface area (Å²) >= 11 is 0. The highest BCUT2D eigenvalue weighted by Gasteiger charge is 2.23. The van der Waals surface area contributed by atoms with Crippen molar-refractivity contribution < 1.29 is 9.47 Å². The van der Waals surface area contributed by atoms with E-state index in [4.69, 9.17) is 9.47 Å². The Labute approximate surface area is 78.5 Å². The van der Waals surface area contributed by atoms with E-state index in [1.807, 2.05) is 0 Å². The molecule has 1 atom stereocenters. The molecule has 1 unspecified atom stereocenters. The van der Waals surface area contributed by atoms with Crippen LogP contribution in [0.15, 0.2) is 18.2 Å². The number of aryl methyl sites for hydroxylation is 1. The van der Waals surface area contributed by atoms with Crippen LogP contribution in [0.4, 0.5) is 0 Å². The first-order valence-corrected chi connectivity index (χ1v) is 4.54. The number of hydrogen-bond donors (Lipinski definition) is 0. The molecule has 13 heavy (non-hydrogen) atoms. The summed E-state index contributed by atoms with van der Waals surface area (Å²) < 4.78 is 10.5. The van der Waals surface area contributed by atoms with Crippen LogP contribution >= 0.6 is 0 Å². The minimum atomic E-state index is 0.427. The van der Waals surface area contributed by atoms with E-state index in [2.05, 4.69) is 25.1 Å². The Balaban J connectivity index is 2.21. The smallest absolute Gasteiger partial charge is 0.122 e. The van der Waals surface area contributed by atoms with E-state index in [0.29, 0.717) is 6.10 Å². The SMILES string of the molecule is COc1cc(C)ccc1CC1CO1. The van der Waals surface area contributed by atoms with Crippen LogP contribution < -0.4 is 4.74 Å². The first kappa shape index (κ1) is 8.57. The molecule has 0 saturated carbocycles. The zero-order chi connectivity index (χ0) is 9.26. The molecule has 1 heterocycles. The third kappa shape index (κ3) is 2.01. The van der Waals surface area contributed by atoms with Crippen molar-refractivity contribution in [2.24, 2.45) is 0 Å². The minimum absolute atomic E-state index is 0.427. The number of hydrogen-bond acceptors (Lipinski definition) is 2. The molecule has 2 heteroatoms. The van der Waals surface area contributed by atoms with E-state index in [-0.39, 0.29) is 0 Å². The van der Waals surface area contributed by atoms with E-state index in [0.717, 1.165) is 18.8 Å². The van der Waals surface area contributed by atoms with Crippen molar-refractivity contribution in [1.82, 2.24) is 0 Å². The quantitative estimate of drug-likeness (QED) is 0.660. The molecule has 2 nitrogen and oxygen atoms in total. The van der Waals surface area contributed by atoms with E-state index < -0.39 is 0 Å². The lowest BCUT2D eigenvalue weighted by Crippen LogP contribution is -1.97. The average Bonchev–Trinajstić information content (AvgIpc) is 2.92. The van der Waals surface area contributed by atoms with Crippen molar-refractivity contribution in [2.45, 2.75) is 19.4 Å². The molecular formula is C11H14O2. The summed E-state index contributed by atoms with van der Waals surface area (Å²) in [5.41, 5.74) is 2.48. The molecule has 0 aromatic heterocycles. The third-order valence-corrected chi connectivity index (χ3v) is 2.29. The second-order valence-electron chi connectivity index (χ2n) is 3.47. The molecule has 0 spiro atoms. The van der Waals surface area contributed by atoms with Crippen molar-refractivity contribution in [3.63, 3.8) is 0 Å². The van der Waals surface area contributed by atoms with Gasteiger partial charge in [-0.25, -0.2) is 0 Å². The van der Waals surface area contributed by atoms with Gasteiger partial charge in [0.15, 0.2) is 0 Å². The predicted octanol–water partition coefficient (Wildman–Crippen LogP) is 1.94. The van der Waals surface area contributed by atoms with Gasteiger partial charge in [0.1, 0.15) is 5.75 Å². The number of rotatable bonds is 3. The number of ether oxygens (including phenoxy) is 2. The first-order chi connectivity index (χ1) is 6.29. The van der Waals surface area contributed by atoms with E-state index in [9.17, 15) is 0 Å². The molecule has 0 bridgehead atoms. The van der Waals surface area contributed by atoms with Gasteiger partial charge < -0.3 is 9.47 Å². The maximum atomic E-state index is 5.30. The van der Waals surface area contributed by atoms with Crippen molar-refractivity contribution in [3.05, 3.63) is 29.3 Å². The maximum absolute atomic E-state index is 5.30. The molecule has 1 aliphatic rings. The Morgan fingerprint density at radius 1 is 1.54 bits per heavy atom. The molecule has 1 saturated heterocycles. The lowest BCUT2D eigenvalue weighted by atomic mass is 10.1. The van der Waals surface area contributed by atoms with Gasteiger partial charge in [0.25, 0.3) is 0 Å². The Morgan fingerprint density at radius 3 is 2.92 bits per heavy atom. The summed E-state index contributed by atoms with van der Waals surface area (Å²) in [5.74, 6) is 0.982. The van der Waals surface area contributed by atoms with Crippen LogP contribution in [0.25, 0.3) is 0 Å². The van der Waals surface area contributed by atoms with Crippen molar-refractivity contribution >= 4 is 0 Å². The topological polar surface area (TPSA) is 21.8 Å². The van der Waals surface area contributed by atoms with Crippen molar-refractivity contribution in [3.8, 4) is 5.75 Å². The number of benzene rings is 1. The zero-order valence-electron chi connectivity index (χ0n) is 8.04. The fraction of sp³-hybridized carbons (Fsp3) is 0.455. The van der Waals surface area contributed by atoms with Crippen LogP contribution in [0.3, 0.4) is 0 Å². The van der Waals surface area contributed by atoms with E-state index in [1.165, 1.54) is 11.1 Å². The molecular weight excluding hydrogens is 164 g/mol. The molecule has 0 N–H and O–H groups in total. The maximum Gasteiger partial charge on any atom is 0.122 e. The highest BCUT2D eigenvalue weighted by molar-refractivity contribution is 5.37. The van der Waals surface area contributed by atoms with Gasteiger partial charge in [-0.15, -0.1) is 0 Å². The molecule has 1 aliphatic heterocycles. The number of epoxide rings is 1. The molecule has 0 radical (unpaired) electrons. The van der Waals surface area contributed by atoms with E-state index >= 15 is 0 Å². The van der Waals surface area contributed by atoms with Gasteiger partial charge in [-0.3, -0.25) is 0 Å². The third-order valence-electron chi connectivity index (χ3n) is 2.29. The second kappa shape index (κ2) is 3.38. The van der Waals surface area contributed by atoms with Crippen LogP contribution in [0.1, 0.15) is 11.1 Å². The van der Waals surface area contributed by atoms with Gasteiger partial charge in [-0.1, -0.05) is 12.1 Å². The summed E-state index contributed by atoms with van der Waals surface area (Å²) in [6, 6.07) is 6.30. The van der Waals surface area contributed by atoms with Gasteiger partial charge in [-0.05, 0) is 24.1 Å². The Hall–Kier alpha value is -1.02. The standard InChI is InChI=1S/C11H14O2/c1-8-3-4-9(6-10-7-13-10)11(5-8)12-2/h3-5,10H,6-7H2,1-2H3. The van der Waals surface area contributed by atoms with Crippen LogP contribution in [0.5, 0.6) is 5.75 Å². The van der Waals surface area contributed by atoms with E-state index in [1.54, 1.807) is 7.11 Å². The van der Waals surface area contributed by atoms with Crippen LogP contribution in [0, 0.1) is 6.92 Å². The predicted molar refractivity (Wildman–Crippen MR) is 51.2 cm³/mol. The number of methoxy groups -OCH3 is 1. The lowest BCUT2D eigenvalue weighted by Gasteiger charge is -2.07. The van der Waals surface area contributed by atoms with Crippen molar-refractivity contribution in [2.75, 3.05) is 13.7 Å². The van der Waals surface area contributed by atoms with Crippen LogP contribution in [0.2, 0.25) is 0 Å². The molecule has 0 aliphatic carbocycles. The highest BCUT2D eigenvalue weighted by Crippen LogP contribution is 2.25. The highest BCUT2D eigenvalue weighted by atomic mass is 16.6. The fourth-order valence-corrected chi connectivity index (χ4v) is 1.45. The van der Waals surface area contributed by atoms with Crippen LogP contribution in [-0.4, -0.2) is 19.8 Å². The summed E-state index contributed by atoms with van der Waals surface area (Å²) in [7, 11) is 1.71. The van der Waals surface area contributed by atoms with Gasteiger partial charge >= 0.3 is 0 Å². The minimum Gasteiger partial charge on any atom is -0.496 e. The van der Waals surface area contributed by atoms with Crippen LogP contribution in [-0.2, 0) is 11.2 Å². The van der Waals surface area contributed by atoms with Gasteiger partial charge in [0, 0.05) is 6.42 Å². The first-order valence-electron chi connectivity index (χ1n) is 4.54. The molecule has 1 fully saturated rings. The monoisotopic (exact) mass is 178 g/mol. The molecule has 1 aromatic carbocycles. The molecule has 2 rings (SSSR count). The molecule has 70 valence electrons. The van der Waals surface area contributed by atoms with Gasteiger partial charge in [0.05, 0.1) is 19.8 Å².